The van der Waals surface area contributed by atoms with Crippen LogP contribution in [0.1, 0.15) is 20.3 Å². The summed E-state index contributed by atoms with van der Waals surface area (Å²) in [5.41, 5.74) is 1.43. The van der Waals surface area contributed by atoms with Gasteiger partial charge in [-0.2, -0.15) is 0 Å². The molecule has 1 spiro atoms. The van der Waals surface area contributed by atoms with E-state index in [-0.39, 0.29) is 42.2 Å². The molecule has 0 saturated carbocycles. The molecule has 4 aliphatic heterocycles. The zero-order valence-electron chi connectivity index (χ0n) is 17.7. The van der Waals surface area contributed by atoms with Crippen molar-refractivity contribution in [3.8, 4) is 5.75 Å². The average molecular weight is 415 g/mol. The monoisotopic (exact) mass is 414 g/mol. The molecule has 8 nitrogen and oxygen atoms in total. The fourth-order valence-corrected chi connectivity index (χ4v) is 5.13. The molecular weight excluding hydrogens is 384 g/mol. The Bertz CT molecular complexity index is 813. The largest absolute Gasteiger partial charge is 0.491 e. The standard InChI is InChI=1S/C22H30N4O4/c1-15(2)30-17-5-3-16(4-6-17)25-11-22(12-25)13-26(14-22)21(28)24-8-7-19-18(9-24)23-20(27)10-29-19/h3-6,15,18-19H,7-14H2,1-2H3,(H,23,27)/t18-,19+/m1/s1. The summed E-state index contributed by atoms with van der Waals surface area (Å²) in [6.45, 7) is 9.00. The first-order chi connectivity index (χ1) is 14.4. The van der Waals surface area contributed by atoms with Crippen LogP contribution in [-0.4, -0.2) is 85.9 Å². The Labute approximate surface area is 177 Å². The summed E-state index contributed by atoms with van der Waals surface area (Å²) in [7, 11) is 0. The third-order valence-electron chi connectivity index (χ3n) is 6.54. The molecule has 4 fully saturated rings. The van der Waals surface area contributed by atoms with Gasteiger partial charge >= 0.3 is 6.03 Å². The van der Waals surface area contributed by atoms with Crippen LogP contribution < -0.4 is 15.0 Å². The van der Waals surface area contributed by atoms with Crippen molar-refractivity contribution < 1.29 is 19.1 Å². The predicted octanol–water partition coefficient (Wildman–Crippen LogP) is 1.31. The van der Waals surface area contributed by atoms with Gasteiger partial charge in [-0.25, -0.2) is 4.79 Å². The molecule has 1 aromatic rings. The number of urea groups is 1. The highest BCUT2D eigenvalue weighted by Gasteiger charge is 2.54. The van der Waals surface area contributed by atoms with Crippen molar-refractivity contribution in [3.63, 3.8) is 0 Å². The maximum atomic E-state index is 12.9. The second kappa shape index (κ2) is 7.34. The number of fused-ring (bicyclic) bond motifs is 1. The summed E-state index contributed by atoms with van der Waals surface area (Å²) < 4.78 is 11.3. The number of hydrogen-bond donors (Lipinski definition) is 1. The first kappa shape index (κ1) is 19.5. The van der Waals surface area contributed by atoms with E-state index in [0.717, 1.165) is 38.3 Å². The Morgan fingerprint density at radius 1 is 1.17 bits per heavy atom. The van der Waals surface area contributed by atoms with E-state index in [4.69, 9.17) is 9.47 Å². The minimum Gasteiger partial charge on any atom is -0.491 e. The third kappa shape index (κ3) is 3.57. The molecule has 0 bridgehead atoms. The molecule has 30 heavy (non-hydrogen) atoms. The van der Waals surface area contributed by atoms with Gasteiger partial charge in [0.1, 0.15) is 12.4 Å². The second-order valence-corrected chi connectivity index (χ2v) is 9.41. The lowest BCUT2D eigenvalue weighted by Crippen LogP contribution is -2.74. The molecule has 8 heteroatoms. The number of likely N-dealkylation sites (tertiary alicyclic amines) is 2. The molecule has 0 aliphatic carbocycles. The Kier molecular flexibility index (Phi) is 4.76. The van der Waals surface area contributed by atoms with Crippen molar-refractivity contribution in [3.05, 3.63) is 24.3 Å². The number of benzene rings is 1. The molecule has 162 valence electrons. The minimum atomic E-state index is -0.0909. The highest BCUT2D eigenvalue weighted by atomic mass is 16.5. The number of ether oxygens (including phenoxy) is 2. The Morgan fingerprint density at radius 3 is 2.60 bits per heavy atom. The lowest BCUT2D eigenvalue weighted by atomic mass is 9.72. The first-order valence-electron chi connectivity index (χ1n) is 10.9. The zero-order valence-corrected chi connectivity index (χ0v) is 17.7. The number of carbonyl (C=O) groups excluding carboxylic acids is 2. The van der Waals surface area contributed by atoms with Gasteiger partial charge in [0.2, 0.25) is 5.91 Å². The van der Waals surface area contributed by atoms with Crippen LogP contribution in [-0.2, 0) is 9.53 Å². The lowest BCUT2D eigenvalue weighted by molar-refractivity contribution is -0.140. The fourth-order valence-electron chi connectivity index (χ4n) is 5.13. The lowest BCUT2D eigenvalue weighted by Gasteiger charge is -2.61. The van der Waals surface area contributed by atoms with Crippen molar-refractivity contribution in [2.45, 2.75) is 38.5 Å². The molecule has 1 aromatic carbocycles. The van der Waals surface area contributed by atoms with Crippen LogP contribution in [0.2, 0.25) is 0 Å². The first-order valence-corrected chi connectivity index (χ1v) is 10.9. The van der Waals surface area contributed by atoms with Gasteiger partial charge < -0.3 is 29.5 Å². The number of carbonyl (C=O) groups is 2. The van der Waals surface area contributed by atoms with E-state index in [2.05, 4.69) is 22.3 Å². The topological polar surface area (TPSA) is 74.3 Å². The van der Waals surface area contributed by atoms with Gasteiger partial charge in [0, 0.05) is 50.4 Å². The number of anilines is 1. The summed E-state index contributed by atoms with van der Waals surface area (Å²) >= 11 is 0. The van der Waals surface area contributed by atoms with E-state index in [9.17, 15) is 9.59 Å². The Morgan fingerprint density at radius 2 is 1.90 bits per heavy atom. The molecule has 4 heterocycles. The normalized spacial score (nSPS) is 27.3. The van der Waals surface area contributed by atoms with E-state index in [0.29, 0.717) is 13.1 Å². The van der Waals surface area contributed by atoms with Crippen LogP contribution in [0.3, 0.4) is 0 Å². The summed E-state index contributed by atoms with van der Waals surface area (Å²) in [5, 5.41) is 2.96. The van der Waals surface area contributed by atoms with Gasteiger partial charge in [-0.3, -0.25) is 4.79 Å². The molecule has 4 saturated heterocycles. The van der Waals surface area contributed by atoms with Crippen molar-refractivity contribution >= 4 is 17.6 Å². The number of amides is 3. The second-order valence-electron chi connectivity index (χ2n) is 9.41. The van der Waals surface area contributed by atoms with Crippen LogP contribution in [0.4, 0.5) is 10.5 Å². The number of nitrogens with zero attached hydrogens (tertiary/aromatic N) is 3. The van der Waals surface area contributed by atoms with E-state index in [1.165, 1.54) is 5.69 Å². The maximum absolute atomic E-state index is 12.9. The van der Waals surface area contributed by atoms with E-state index in [1.807, 2.05) is 35.8 Å². The van der Waals surface area contributed by atoms with Crippen LogP contribution in [0, 0.1) is 5.41 Å². The molecule has 2 atom stereocenters. The Balaban J connectivity index is 1.10. The number of piperidine rings is 1. The van der Waals surface area contributed by atoms with Gasteiger partial charge in [-0.05, 0) is 44.5 Å². The Hall–Kier alpha value is -2.48. The molecule has 3 amide bonds. The number of rotatable bonds is 3. The van der Waals surface area contributed by atoms with Crippen molar-refractivity contribution in [1.29, 1.82) is 0 Å². The number of morpholine rings is 1. The third-order valence-corrected chi connectivity index (χ3v) is 6.54. The summed E-state index contributed by atoms with van der Waals surface area (Å²) in [4.78, 5) is 30.7. The van der Waals surface area contributed by atoms with Crippen LogP contribution in [0.15, 0.2) is 24.3 Å². The number of nitrogens with one attached hydrogen (secondary N) is 1. The predicted molar refractivity (Wildman–Crippen MR) is 112 cm³/mol. The fraction of sp³-hybridized carbons (Fsp3) is 0.636. The molecule has 0 aromatic heterocycles. The molecule has 0 radical (unpaired) electrons. The van der Waals surface area contributed by atoms with Crippen LogP contribution in [0.25, 0.3) is 0 Å². The van der Waals surface area contributed by atoms with E-state index >= 15 is 0 Å². The zero-order chi connectivity index (χ0) is 20.9. The molecule has 1 N–H and O–H groups in total. The summed E-state index contributed by atoms with van der Waals surface area (Å²) in [6, 6.07) is 8.27. The van der Waals surface area contributed by atoms with Crippen molar-refractivity contribution in [2.75, 3.05) is 50.8 Å². The van der Waals surface area contributed by atoms with Crippen LogP contribution in [0.5, 0.6) is 5.75 Å². The van der Waals surface area contributed by atoms with E-state index < -0.39 is 0 Å². The van der Waals surface area contributed by atoms with Gasteiger partial charge in [-0.1, -0.05) is 0 Å². The van der Waals surface area contributed by atoms with Gasteiger partial charge in [0.05, 0.1) is 18.2 Å². The number of hydrogen-bond acceptors (Lipinski definition) is 5. The average Bonchev–Trinajstić information content (AvgIpc) is 2.65. The quantitative estimate of drug-likeness (QED) is 0.807. The van der Waals surface area contributed by atoms with Crippen molar-refractivity contribution in [1.82, 2.24) is 15.1 Å². The van der Waals surface area contributed by atoms with Gasteiger partial charge in [0.15, 0.2) is 0 Å². The highest BCUT2D eigenvalue weighted by Crippen LogP contribution is 2.42. The summed E-state index contributed by atoms with van der Waals surface area (Å²) in [5.74, 6) is 0.805. The van der Waals surface area contributed by atoms with Gasteiger partial charge in [-0.15, -0.1) is 0 Å². The highest BCUT2D eigenvalue weighted by molar-refractivity contribution is 5.79. The van der Waals surface area contributed by atoms with E-state index in [1.54, 1.807) is 0 Å². The van der Waals surface area contributed by atoms with Crippen molar-refractivity contribution in [2.24, 2.45) is 5.41 Å². The smallest absolute Gasteiger partial charge is 0.320 e. The summed E-state index contributed by atoms with van der Waals surface area (Å²) in [6.07, 6.45) is 0.987. The molecule has 0 unspecified atom stereocenters. The van der Waals surface area contributed by atoms with Gasteiger partial charge in [0.25, 0.3) is 0 Å². The maximum Gasteiger partial charge on any atom is 0.320 e. The molecular formula is C22H30N4O4. The molecule has 4 aliphatic rings. The van der Waals surface area contributed by atoms with Crippen LogP contribution >= 0.6 is 0 Å². The minimum absolute atomic E-state index is 0.0343. The molecule has 5 rings (SSSR count). The SMILES string of the molecule is CC(C)Oc1ccc(N2CC3(CN(C(=O)N4CC[C@@H]5OCC(=O)N[C@@H]5C4)C3)C2)cc1.